The highest BCUT2D eigenvalue weighted by molar-refractivity contribution is 5.82. The van der Waals surface area contributed by atoms with Gasteiger partial charge in [0.25, 0.3) is 0 Å². The normalized spacial score (nSPS) is 31.7. The highest BCUT2D eigenvalue weighted by Crippen LogP contribution is 2.33. The molecule has 2 saturated heterocycles. The number of nitrogens with zero attached hydrogens (tertiary/aromatic N) is 1. The molecule has 1 aliphatic carbocycles. The highest BCUT2D eigenvalue weighted by atomic mass is 19.4. The second-order valence-electron chi connectivity index (χ2n) is 8.02. The number of rotatable bonds is 5. The number of carbonyl (C=O) groups is 1. The second-order valence-corrected chi connectivity index (χ2v) is 8.02. The van der Waals surface area contributed by atoms with Crippen molar-refractivity contribution in [3.05, 3.63) is 0 Å². The van der Waals surface area contributed by atoms with Crippen LogP contribution in [-0.4, -0.2) is 55.2 Å². The summed E-state index contributed by atoms with van der Waals surface area (Å²) in [5, 5.41) is 6.52. The van der Waals surface area contributed by atoms with Crippen molar-refractivity contribution in [2.24, 2.45) is 11.8 Å². The van der Waals surface area contributed by atoms with Crippen LogP contribution in [0.25, 0.3) is 0 Å². The maximum absolute atomic E-state index is 12.4. The minimum Gasteiger partial charge on any atom is -0.355 e. The lowest BCUT2D eigenvalue weighted by Crippen LogP contribution is -2.44. The van der Waals surface area contributed by atoms with Crippen LogP contribution in [0.15, 0.2) is 0 Å². The lowest BCUT2D eigenvalue weighted by atomic mass is 9.85. The van der Waals surface area contributed by atoms with Gasteiger partial charge in [0.05, 0.1) is 12.6 Å². The first-order chi connectivity index (χ1) is 11.9. The number of fused-ring (bicyclic) bond motifs is 1. The molecular formula is C18H30F3N3O. The van der Waals surface area contributed by atoms with Crippen molar-refractivity contribution >= 4 is 5.91 Å². The highest BCUT2D eigenvalue weighted by Gasteiger charge is 2.38. The molecule has 0 bridgehead atoms. The van der Waals surface area contributed by atoms with Crippen LogP contribution < -0.4 is 10.6 Å². The summed E-state index contributed by atoms with van der Waals surface area (Å²) in [5.41, 5.74) is 0. The SMILES string of the molecule is O=C(NCCC1CCN(CC(F)(F)F)CC1)C1CC2CCCCC2N1. The van der Waals surface area contributed by atoms with E-state index in [1.54, 1.807) is 0 Å². The zero-order chi connectivity index (χ0) is 17.9. The molecule has 144 valence electrons. The van der Waals surface area contributed by atoms with Crippen LogP contribution in [0.4, 0.5) is 13.2 Å². The van der Waals surface area contributed by atoms with Gasteiger partial charge >= 0.3 is 6.18 Å². The molecule has 0 aromatic carbocycles. The van der Waals surface area contributed by atoms with E-state index in [1.807, 2.05) is 0 Å². The van der Waals surface area contributed by atoms with Gasteiger partial charge in [-0.1, -0.05) is 12.8 Å². The van der Waals surface area contributed by atoms with E-state index >= 15 is 0 Å². The molecule has 1 saturated carbocycles. The minimum atomic E-state index is -4.10. The molecule has 3 aliphatic rings. The van der Waals surface area contributed by atoms with E-state index in [0.717, 1.165) is 25.7 Å². The number of carbonyl (C=O) groups excluding carboxylic acids is 1. The van der Waals surface area contributed by atoms with E-state index < -0.39 is 12.7 Å². The van der Waals surface area contributed by atoms with Gasteiger partial charge in [0.15, 0.2) is 0 Å². The Balaban J connectivity index is 1.30. The summed E-state index contributed by atoms with van der Waals surface area (Å²) in [7, 11) is 0. The van der Waals surface area contributed by atoms with Crippen LogP contribution in [0.5, 0.6) is 0 Å². The number of amides is 1. The van der Waals surface area contributed by atoms with Crippen molar-refractivity contribution < 1.29 is 18.0 Å². The minimum absolute atomic E-state index is 0.0540. The smallest absolute Gasteiger partial charge is 0.355 e. The molecule has 3 unspecified atom stereocenters. The van der Waals surface area contributed by atoms with Crippen LogP contribution >= 0.6 is 0 Å². The number of nitrogens with one attached hydrogen (secondary N) is 2. The summed E-state index contributed by atoms with van der Waals surface area (Å²) >= 11 is 0. The first kappa shape index (κ1) is 19.0. The Labute approximate surface area is 147 Å². The average molecular weight is 361 g/mol. The molecule has 2 aliphatic heterocycles. The van der Waals surface area contributed by atoms with Crippen LogP contribution in [0, 0.1) is 11.8 Å². The Morgan fingerprint density at radius 2 is 1.84 bits per heavy atom. The number of piperidine rings is 1. The van der Waals surface area contributed by atoms with Gasteiger partial charge in [-0.25, -0.2) is 0 Å². The summed E-state index contributed by atoms with van der Waals surface area (Å²) in [6, 6.07) is 0.462. The van der Waals surface area contributed by atoms with Crippen LogP contribution in [0.1, 0.15) is 51.4 Å². The topological polar surface area (TPSA) is 44.4 Å². The molecule has 4 nitrogen and oxygen atoms in total. The van der Waals surface area contributed by atoms with E-state index in [9.17, 15) is 18.0 Å². The maximum Gasteiger partial charge on any atom is 0.401 e. The molecule has 25 heavy (non-hydrogen) atoms. The average Bonchev–Trinajstić information content (AvgIpc) is 2.99. The maximum atomic E-state index is 12.4. The van der Waals surface area contributed by atoms with Gasteiger partial charge in [-0.3, -0.25) is 9.69 Å². The third kappa shape index (κ3) is 5.58. The molecule has 3 fully saturated rings. The number of likely N-dealkylation sites (tertiary alicyclic amines) is 1. The van der Waals surface area contributed by atoms with E-state index in [2.05, 4.69) is 10.6 Å². The summed E-state index contributed by atoms with van der Waals surface area (Å²) in [4.78, 5) is 13.8. The van der Waals surface area contributed by atoms with Crippen molar-refractivity contribution in [3.63, 3.8) is 0 Å². The Kier molecular flexibility index (Phi) is 6.25. The zero-order valence-corrected chi connectivity index (χ0v) is 14.8. The molecule has 0 spiro atoms. The third-order valence-corrected chi connectivity index (χ3v) is 6.14. The standard InChI is InChI=1S/C18H30F3N3O/c19-18(20,21)12-24-9-6-13(7-10-24)5-8-22-17(25)16-11-14-3-1-2-4-15(14)23-16/h13-16,23H,1-12H2,(H,22,25). The summed E-state index contributed by atoms with van der Waals surface area (Å²) in [5.74, 6) is 1.18. The number of hydrogen-bond donors (Lipinski definition) is 2. The van der Waals surface area contributed by atoms with Crippen LogP contribution in [-0.2, 0) is 4.79 Å². The molecule has 2 heterocycles. The summed E-state index contributed by atoms with van der Waals surface area (Å²) in [6.07, 6.45) is 4.25. The monoisotopic (exact) mass is 361 g/mol. The molecule has 3 atom stereocenters. The van der Waals surface area contributed by atoms with E-state index in [4.69, 9.17) is 0 Å². The van der Waals surface area contributed by atoms with Crippen molar-refractivity contribution in [1.29, 1.82) is 0 Å². The number of alkyl halides is 3. The van der Waals surface area contributed by atoms with Crippen molar-refractivity contribution in [1.82, 2.24) is 15.5 Å². The first-order valence-electron chi connectivity index (χ1n) is 9.73. The Bertz CT molecular complexity index is 435. The lowest BCUT2D eigenvalue weighted by molar-refractivity contribution is -0.148. The predicted molar refractivity (Wildman–Crippen MR) is 90.1 cm³/mol. The molecule has 0 aromatic rings. The molecule has 7 heteroatoms. The van der Waals surface area contributed by atoms with Gasteiger partial charge < -0.3 is 10.6 Å². The lowest BCUT2D eigenvalue weighted by Gasteiger charge is -2.32. The van der Waals surface area contributed by atoms with Crippen molar-refractivity contribution in [2.45, 2.75) is 69.6 Å². The quantitative estimate of drug-likeness (QED) is 0.791. The Morgan fingerprint density at radius 3 is 2.52 bits per heavy atom. The van der Waals surface area contributed by atoms with Crippen LogP contribution in [0.3, 0.4) is 0 Å². The fraction of sp³-hybridized carbons (Fsp3) is 0.944. The van der Waals surface area contributed by atoms with Gasteiger partial charge in [0.1, 0.15) is 0 Å². The first-order valence-corrected chi connectivity index (χ1v) is 9.73. The van der Waals surface area contributed by atoms with Crippen molar-refractivity contribution in [2.75, 3.05) is 26.2 Å². The molecule has 0 aromatic heterocycles. The number of hydrogen-bond acceptors (Lipinski definition) is 3. The zero-order valence-electron chi connectivity index (χ0n) is 14.8. The Hall–Kier alpha value is -0.820. The number of halogens is 3. The molecule has 1 amide bonds. The molecule has 0 radical (unpaired) electrons. The van der Waals surface area contributed by atoms with E-state index in [-0.39, 0.29) is 11.9 Å². The molecule has 3 rings (SSSR count). The fourth-order valence-electron chi connectivity index (χ4n) is 4.73. The Morgan fingerprint density at radius 1 is 1.12 bits per heavy atom. The van der Waals surface area contributed by atoms with Gasteiger partial charge in [0.2, 0.25) is 5.91 Å². The third-order valence-electron chi connectivity index (χ3n) is 6.14. The predicted octanol–water partition coefficient (Wildman–Crippen LogP) is 2.69. The largest absolute Gasteiger partial charge is 0.401 e. The van der Waals surface area contributed by atoms with Crippen LogP contribution in [0.2, 0.25) is 0 Å². The summed E-state index contributed by atoms with van der Waals surface area (Å²) in [6.45, 7) is 0.847. The fourth-order valence-corrected chi connectivity index (χ4v) is 4.73. The molecular weight excluding hydrogens is 331 g/mol. The van der Waals surface area contributed by atoms with Gasteiger partial charge in [-0.2, -0.15) is 13.2 Å². The second kappa shape index (κ2) is 8.25. The van der Waals surface area contributed by atoms with Crippen molar-refractivity contribution in [3.8, 4) is 0 Å². The van der Waals surface area contributed by atoms with Gasteiger partial charge in [-0.05, 0) is 63.5 Å². The molecule has 2 N–H and O–H groups in total. The van der Waals surface area contributed by atoms with E-state index in [1.165, 1.54) is 30.6 Å². The van der Waals surface area contributed by atoms with Gasteiger partial charge in [0, 0.05) is 12.6 Å². The summed E-state index contributed by atoms with van der Waals surface area (Å²) < 4.78 is 37.2. The van der Waals surface area contributed by atoms with E-state index in [0.29, 0.717) is 37.5 Å². The van der Waals surface area contributed by atoms with Gasteiger partial charge in [-0.15, -0.1) is 0 Å².